The summed E-state index contributed by atoms with van der Waals surface area (Å²) < 4.78 is 12.1. The van der Waals surface area contributed by atoms with Crippen LogP contribution < -0.4 is 10.2 Å². The van der Waals surface area contributed by atoms with Crippen molar-refractivity contribution in [2.24, 2.45) is 0 Å². The first-order valence-electron chi connectivity index (χ1n) is 21.4. The van der Waals surface area contributed by atoms with Crippen LogP contribution in [0.5, 0.6) is 0 Å². The maximum atomic E-state index is 11.9. The van der Waals surface area contributed by atoms with E-state index in [2.05, 4.69) is 49.0 Å². The smallest absolute Gasteiger partial charge is 0.225 e. The average Bonchev–Trinajstić information content (AvgIpc) is 3.28. The molecule has 0 spiro atoms. The van der Waals surface area contributed by atoms with Gasteiger partial charge in [0.1, 0.15) is 11.6 Å². The summed E-state index contributed by atoms with van der Waals surface area (Å²) in [5, 5.41) is 4.25. The molecule has 0 atom stereocenters. The molecule has 8 rings (SSSR count). The van der Waals surface area contributed by atoms with E-state index < -0.39 is 0 Å². The topological polar surface area (TPSA) is 160 Å². The fraction of sp³-hybridized carbons (Fsp3) is 0.478. The lowest BCUT2D eigenvalue weighted by Crippen LogP contribution is -2.39. The number of hydrogen-bond donors (Lipinski definition) is 1. The Bertz CT molecular complexity index is 2260. The van der Waals surface area contributed by atoms with E-state index >= 15 is 0 Å². The normalized spacial score (nSPS) is 16.3. The Morgan fingerprint density at radius 1 is 0.651 bits per heavy atom. The Labute approximate surface area is 384 Å². The van der Waals surface area contributed by atoms with Crippen molar-refractivity contribution in [2.75, 3.05) is 49.5 Å². The molecule has 4 aliphatic rings. The quantitative estimate of drug-likeness (QED) is 0.170. The molecule has 2 fully saturated rings. The van der Waals surface area contributed by atoms with E-state index in [1.165, 1.54) is 12.5 Å². The summed E-state index contributed by atoms with van der Waals surface area (Å²) in [5.41, 5.74) is 7.54. The van der Waals surface area contributed by atoms with Crippen LogP contribution in [0.4, 0.5) is 11.6 Å². The molecule has 4 aliphatic heterocycles. The number of carbonyl (C=O) groups is 4. The zero-order chi connectivity index (χ0) is 45.0. The number of likely N-dealkylation sites (tertiary alicyclic amines) is 2. The van der Waals surface area contributed by atoms with Gasteiger partial charge in [-0.3, -0.25) is 34.0 Å². The number of aryl methyl sites for hydroxylation is 2. The number of hydrogen-bond acceptors (Lipinski definition) is 11. The van der Waals surface area contributed by atoms with Gasteiger partial charge in [-0.15, -0.1) is 0 Å². The van der Waals surface area contributed by atoms with E-state index in [4.69, 9.17) is 32.7 Å². The molecule has 63 heavy (non-hydrogen) atoms. The van der Waals surface area contributed by atoms with Gasteiger partial charge in [-0.1, -0.05) is 23.2 Å². The van der Waals surface area contributed by atoms with E-state index in [-0.39, 0.29) is 35.2 Å². The van der Waals surface area contributed by atoms with Gasteiger partial charge in [-0.2, -0.15) is 0 Å². The Morgan fingerprint density at radius 3 is 1.62 bits per heavy atom. The summed E-state index contributed by atoms with van der Waals surface area (Å²) in [5.74, 6) is 1.96. The molecule has 0 saturated carbocycles. The highest BCUT2D eigenvalue weighted by molar-refractivity contribution is 6.62. The van der Waals surface area contributed by atoms with Crippen LogP contribution in [-0.2, 0) is 54.7 Å². The van der Waals surface area contributed by atoms with Crippen molar-refractivity contribution in [3.8, 4) is 22.3 Å². The van der Waals surface area contributed by atoms with Gasteiger partial charge in [0.05, 0.1) is 35.5 Å². The van der Waals surface area contributed by atoms with Crippen LogP contribution in [0.25, 0.3) is 22.3 Å². The first-order chi connectivity index (χ1) is 30.3. The van der Waals surface area contributed by atoms with Gasteiger partial charge >= 0.3 is 0 Å². The molecule has 1 N–H and O–H groups in total. The molecule has 4 aromatic heterocycles. The first-order valence-corrected chi connectivity index (χ1v) is 22.6. The Kier molecular flexibility index (Phi) is 17.2. The number of ether oxygens (including phenoxy) is 2. The molecular formula is C46H55Cl3N8O6. The number of anilines is 2. The van der Waals surface area contributed by atoms with Crippen LogP contribution in [-0.4, -0.2) is 104 Å². The number of carbonyl (C=O) groups excluding carboxylic acids is 4. The molecule has 0 radical (unpaired) electrons. The Morgan fingerprint density at radius 2 is 1.13 bits per heavy atom. The van der Waals surface area contributed by atoms with Gasteiger partial charge in [0, 0.05) is 138 Å². The van der Waals surface area contributed by atoms with Gasteiger partial charge in [0.25, 0.3) is 0 Å². The molecule has 8 heterocycles. The first kappa shape index (κ1) is 47.7. The number of halogens is 3. The van der Waals surface area contributed by atoms with Gasteiger partial charge in [0.2, 0.25) is 23.0 Å². The minimum absolute atomic E-state index is 0.00850. The zero-order valence-electron chi connectivity index (χ0n) is 36.3. The number of nitrogens with zero attached hydrogens (tertiary/aromatic N) is 7. The van der Waals surface area contributed by atoms with Gasteiger partial charge in [0.15, 0.2) is 0 Å². The van der Waals surface area contributed by atoms with Crippen molar-refractivity contribution < 1.29 is 28.7 Å². The highest BCUT2D eigenvalue weighted by Crippen LogP contribution is 2.35. The molecule has 0 unspecified atom stereocenters. The van der Waals surface area contributed by atoms with Gasteiger partial charge in [-0.05, 0) is 86.2 Å². The second-order valence-corrected chi connectivity index (χ2v) is 17.4. The highest BCUT2D eigenvalue weighted by Gasteiger charge is 2.25. The Balaban J connectivity index is 0.000000194. The monoisotopic (exact) mass is 920 g/mol. The maximum absolute atomic E-state index is 11.9. The van der Waals surface area contributed by atoms with Crippen molar-refractivity contribution in [1.82, 2.24) is 29.7 Å². The predicted octanol–water partition coefficient (Wildman–Crippen LogP) is 8.08. The molecule has 3 amide bonds. The minimum atomic E-state index is -0.361. The molecule has 4 aromatic rings. The second kappa shape index (κ2) is 22.8. The van der Waals surface area contributed by atoms with E-state index in [1.54, 1.807) is 56.7 Å². The van der Waals surface area contributed by atoms with Gasteiger partial charge < -0.3 is 24.6 Å². The Hall–Kier alpha value is -4.73. The number of rotatable bonds is 8. The largest absolute Gasteiger partial charge is 0.373 e. The molecule has 14 nitrogen and oxygen atoms in total. The van der Waals surface area contributed by atoms with Crippen LogP contribution in [0.15, 0.2) is 49.3 Å². The standard InChI is InChI=1S/C23H27ClN4O3.C21H25ClN4O2.C2H3ClO/c1-15(29)27-8-5-20(6-9-27)31-14-19-11-25-13-21(22(19)24)18-10-17-4-3-7-28(16(2)30)23(17)26-12-18;1-14(27)26-7-4-18(5-8-26)28-13-17-10-23-12-19(20(17)22)16-9-15-3-2-6-24-21(15)25-11-16;1-2(3)4/h10-13,20H,3-9,14H2,1-2H3;9-12,18H,2-8,13H2,1H3,(H,24,25);1H3. The number of piperidine rings is 2. The van der Waals surface area contributed by atoms with Crippen molar-refractivity contribution in [2.45, 2.75) is 104 Å². The lowest BCUT2D eigenvalue weighted by atomic mass is 10.0. The van der Waals surface area contributed by atoms with Crippen LogP contribution in [0.1, 0.15) is 88.5 Å². The van der Waals surface area contributed by atoms with Crippen molar-refractivity contribution in [1.29, 1.82) is 0 Å². The SMILES string of the molecule is CC(=O)Cl.CC(=O)N1CCC(OCc2cncc(-c3cnc4c(c3)CCCN4)c2Cl)CC1.CC(=O)N1CCC(OCc2cncc(-c3cnc4c(c3)CCCN4C(C)=O)c2Cl)CC1. The molecule has 17 heteroatoms. The fourth-order valence-corrected chi connectivity index (χ4v) is 8.60. The number of amides is 3. The third-order valence-electron chi connectivity index (χ3n) is 11.5. The van der Waals surface area contributed by atoms with Crippen molar-refractivity contribution >= 4 is 69.4 Å². The third-order valence-corrected chi connectivity index (χ3v) is 12.4. The fourth-order valence-electron chi connectivity index (χ4n) is 8.08. The van der Waals surface area contributed by atoms with E-state index in [0.29, 0.717) is 29.8 Å². The minimum Gasteiger partial charge on any atom is -0.373 e. The summed E-state index contributed by atoms with van der Waals surface area (Å²) in [7, 11) is 0. The predicted molar refractivity (Wildman–Crippen MR) is 245 cm³/mol. The molecular weight excluding hydrogens is 867 g/mol. The molecule has 0 aliphatic carbocycles. The highest BCUT2D eigenvalue weighted by atomic mass is 35.5. The van der Waals surface area contributed by atoms with Crippen LogP contribution in [0, 0.1) is 0 Å². The number of fused-ring (bicyclic) bond motifs is 2. The third kappa shape index (κ3) is 12.9. The van der Waals surface area contributed by atoms with Crippen molar-refractivity contribution in [3.05, 3.63) is 81.6 Å². The molecule has 2 saturated heterocycles. The summed E-state index contributed by atoms with van der Waals surface area (Å²) in [6.45, 7) is 11.5. The molecule has 0 aromatic carbocycles. The van der Waals surface area contributed by atoms with Crippen LogP contribution >= 0.6 is 34.8 Å². The number of aromatic nitrogens is 4. The number of nitrogens with one attached hydrogen (secondary N) is 1. The lowest BCUT2D eigenvalue weighted by Gasteiger charge is -2.31. The lowest BCUT2D eigenvalue weighted by molar-refractivity contribution is -0.132. The van der Waals surface area contributed by atoms with Gasteiger partial charge in [-0.25, -0.2) is 9.97 Å². The van der Waals surface area contributed by atoms with Crippen LogP contribution in [0.3, 0.4) is 0 Å². The zero-order valence-corrected chi connectivity index (χ0v) is 38.6. The molecule has 336 valence electrons. The van der Waals surface area contributed by atoms with E-state index in [9.17, 15) is 19.2 Å². The van der Waals surface area contributed by atoms with Crippen LogP contribution in [0.2, 0.25) is 10.0 Å². The van der Waals surface area contributed by atoms with E-state index in [1.807, 2.05) is 16.0 Å². The summed E-state index contributed by atoms with van der Waals surface area (Å²) >= 11 is 18.1. The summed E-state index contributed by atoms with van der Waals surface area (Å²) in [6.07, 6.45) is 18.2. The summed E-state index contributed by atoms with van der Waals surface area (Å²) in [6, 6.07) is 4.21. The molecule has 0 bridgehead atoms. The summed E-state index contributed by atoms with van der Waals surface area (Å²) in [4.78, 5) is 67.3. The second-order valence-electron chi connectivity index (χ2n) is 16.1. The average molecular weight is 922 g/mol. The van der Waals surface area contributed by atoms with E-state index in [0.717, 1.165) is 135 Å². The maximum Gasteiger partial charge on any atom is 0.225 e. The van der Waals surface area contributed by atoms with Crippen molar-refractivity contribution in [3.63, 3.8) is 0 Å². The number of pyridine rings is 4.